The third-order valence-corrected chi connectivity index (χ3v) is 7.46. The molecule has 7 nitrogen and oxygen atoms in total. The summed E-state index contributed by atoms with van der Waals surface area (Å²) in [5.41, 5.74) is 3.94. The Morgan fingerprint density at radius 1 is 0.897 bits per heavy atom. The second-order valence-electron chi connectivity index (χ2n) is 9.08. The molecule has 1 N–H and O–H groups in total. The normalized spacial score (nSPS) is 11.1. The number of amides is 1. The smallest absolute Gasteiger partial charge is 0.255 e. The lowest BCUT2D eigenvalue weighted by Gasteiger charge is -2.26. The van der Waals surface area contributed by atoms with Crippen LogP contribution in [0.25, 0.3) is 0 Å². The maximum absolute atomic E-state index is 13.1. The highest BCUT2D eigenvalue weighted by molar-refractivity contribution is 7.92. The molecule has 4 aromatic carbocycles. The van der Waals surface area contributed by atoms with Gasteiger partial charge in [0.2, 0.25) is 10.0 Å². The van der Waals surface area contributed by atoms with Crippen LogP contribution in [0.2, 0.25) is 5.02 Å². The second-order valence-corrected chi connectivity index (χ2v) is 11.4. The fourth-order valence-corrected chi connectivity index (χ4v) is 5.32. The third kappa shape index (κ3) is 6.90. The number of hydrogen-bond acceptors (Lipinski definition) is 5. The number of nitrogens with zero attached hydrogens (tertiary/aromatic N) is 1. The van der Waals surface area contributed by atoms with E-state index in [1.165, 1.54) is 10.6 Å². The van der Waals surface area contributed by atoms with Crippen LogP contribution in [0, 0.1) is 13.8 Å². The maximum Gasteiger partial charge on any atom is 0.255 e. The highest BCUT2D eigenvalue weighted by Crippen LogP contribution is 2.33. The monoisotopic (exact) mass is 564 g/mol. The van der Waals surface area contributed by atoms with Crippen LogP contribution in [0.15, 0.2) is 84.9 Å². The number of ether oxygens (including phenoxy) is 2. The van der Waals surface area contributed by atoms with E-state index in [1.54, 1.807) is 73.8 Å². The molecule has 0 radical (unpaired) electrons. The van der Waals surface area contributed by atoms with Crippen molar-refractivity contribution in [3.63, 3.8) is 0 Å². The standard InChI is InChI=1S/C30H29ClN2O5S/c1-20-6-5-7-21(2)29(20)33(39(4,35)36)19-22-8-10-23(11-9-22)30(34)32-27-18-24(31)12-17-28(27)38-26-15-13-25(37-3)14-16-26/h5-18H,19H2,1-4H3,(H,32,34). The zero-order chi connectivity index (χ0) is 28.2. The van der Waals surface area contributed by atoms with Crippen LogP contribution >= 0.6 is 11.6 Å². The van der Waals surface area contributed by atoms with Crippen molar-refractivity contribution in [3.8, 4) is 17.2 Å². The predicted octanol–water partition coefficient (Wildman–Crippen LogP) is 6.98. The van der Waals surface area contributed by atoms with Crippen LogP contribution in [0.3, 0.4) is 0 Å². The lowest BCUT2D eigenvalue weighted by atomic mass is 10.1. The Bertz CT molecular complexity index is 1570. The summed E-state index contributed by atoms with van der Waals surface area (Å²) in [6, 6.07) is 24.5. The van der Waals surface area contributed by atoms with Gasteiger partial charge in [-0.1, -0.05) is 41.9 Å². The molecule has 4 rings (SSSR count). The van der Waals surface area contributed by atoms with Crippen LogP contribution < -0.4 is 19.1 Å². The fraction of sp³-hybridized carbons (Fsp3) is 0.167. The minimum atomic E-state index is -3.55. The number of para-hydroxylation sites is 1. The van der Waals surface area contributed by atoms with Crippen molar-refractivity contribution in [1.29, 1.82) is 0 Å². The Morgan fingerprint density at radius 3 is 2.10 bits per heavy atom. The fourth-order valence-electron chi connectivity index (χ4n) is 4.14. The van der Waals surface area contributed by atoms with Crippen molar-refractivity contribution in [3.05, 3.63) is 112 Å². The van der Waals surface area contributed by atoms with E-state index in [0.717, 1.165) is 16.7 Å². The second kappa shape index (κ2) is 11.8. The molecule has 0 aliphatic rings. The average molecular weight is 565 g/mol. The summed E-state index contributed by atoms with van der Waals surface area (Å²) in [5.74, 6) is 1.33. The van der Waals surface area contributed by atoms with Crippen molar-refractivity contribution in [2.24, 2.45) is 0 Å². The molecule has 0 heterocycles. The number of rotatable bonds is 9. The highest BCUT2D eigenvalue weighted by atomic mass is 35.5. The van der Waals surface area contributed by atoms with Crippen LogP contribution in [-0.2, 0) is 16.6 Å². The minimum absolute atomic E-state index is 0.139. The van der Waals surface area contributed by atoms with Crippen molar-refractivity contribution in [2.75, 3.05) is 23.0 Å². The average Bonchev–Trinajstić information content (AvgIpc) is 2.89. The first-order chi connectivity index (χ1) is 18.5. The van der Waals surface area contributed by atoms with Crippen molar-refractivity contribution >= 4 is 38.9 Å². The van der Waals surface area contributed by atoms with Gasteiger partial charge in [-0.05, 0) is 85.1 Å². The van der Waals surface area contributed by atoms with Gasteiger partial charge in [-0.15, -0.1) is 0 Å². The van der Waals surface area contributed by atoms with Gasteiger partial charge in [-0.25, -0.2) is 8.42 Å². The predicted molar refractivity (Wildman–Crippen MR) is 156 cm³/mol. The molecule has 0 saturated carbocycles. The molecule has 0 aromatic heterocycles. The number of anilines is 2. The number of methoxy groups -OCH3 is 1. The first kappa shape index (κ1) is 28.0. The summed E-state index contributed by atoms with van der Waals surface area (Å²) < 4.78 is 37.9. The van der Waals surface area contributed by atoms with E-state index in [0.29, 0.717) is 39.2 Å². The molecule has 202 valence electrons. The van der Waals surface area contributed by atoms with Gasteiger partial charge < -0.3 is 14.8 Å². The Morgan fingerprint density at radius 2 is 1.51 bits per heavy atom. The van der Waals surface area contributed by atoms with Crippen LogP contribution in [-0.4, -0.2) is 27.7 Å². The molecule has 0 unspecified atom stereocenters. The summed E-state index contributed by atoms with van der Waals surface area (Å²) in [6.07, 6.45) is 1.19. The molecule has 0 atom stereocenters. The molecule has 0 saturated heterocycles. The quantitative estimate of drug-likeness (QED) is 0.237. The molecule has 39 heavy (non-hydrogen) atoms. The van der Waals surface area contributed by atoms with Crippen LogP contribution in [0.5, 0.6) is 17.2 Å². The van der Waals surface area contributed by atoms with E-state index in [1.807, 2.05) is 32.0 Å². The third-order valence-electron chi connectivity index (χ3n) is 6.11. The molecule has 0 spiro atoms. The van der Waals surface area contributed by atoms with E-state index < -0.39 is 10.0 Å². The van der Waals surface area contributed by atoms with Gasteiger partial charge in [-0.3, -0.25) is 9.10 Å². The van der Waals surface area contributed by atoms with E-state index in [4.69, 9.17) is 21.1 Å². The van der Waals surface area contributed by atoms with E-state index in [9.17, 15) is 13.2 Å². The number of aryl methyl sites for hydroxylation is 2. The Balaban J connectivity index is 1.52. The Kier molecular flexibility index (Phi) is 8.47. The minimum Gasteiger partial charge on any atom is -0.497 e. The van der Waals surface area contributed by atoms with Gasteiger partial charge in [0.1, 0.15) is 11.5 Å². The van der Waals surface area contributed by atoms with E-state index >= 15 is 0 Å². The summed E-state index contributed by atoms with van der Waals surface area (Å²) in [7, 11) is -1.96. The SMILES string of the molecule is COc1ccc(Oc2ccc(Cl)cc2NC(=O)c2ccc(CN(c3c(C)cccc3C)S(C)(=O)=O)cc2)cc1. The lowest BCUT2D eigenvalue weighted by Crippen LogP contribution is -2.30. The Labute approximate surface area is 234 Å². The van der Waals surface area contributed by atoms with E-state index in [2.05, 4.69) is 5.32 Å². The number of carbonyl (C=O) groups excluding carboxylic acids is 1. The van der Waals surface area contributed by atoms with Crippen molar-refractivity contribution in [2.45, 2.75) is 20.4 Å². The van der Waals surface area contributed by atoms with Gasteiger partial charge in [-0.2, -0.15) is 0 Å². The summed E-state index contributed by atoms with van der Waals surface area (Å²) in [4.78, 5) is 13.1. The summed E-state index contributed by atoms with van der Waals surface area (Å²) in [5, 5.41) is 3.30. The number of carbonyl (C=O) groups is 1. The number of nitrogens with one attached hydrogen (secondary N) is 1. The summed E-state index contributed by atoms with van der Waals surface area (Å²) >= 11 is 6.19. The lowest BCUT2D eigenvalue weighted by molar-refractivity contribution is 0.102. The molecule has 9 heteroatoms. The molecular weight excluding hydrogens is 536 g/mol. The maximum atomic E-state index is 13.1. The zero-order valence-corrected chi connectivity index (χ0v) is 23.6. The number of benzene rings is 4. The van der Waals surface area contributed by atoms with Crippen molar-refractivity contribution in [1.82, 2.24) is 0 Å². The van der Waals surface area contributed by atoms with Crippen LogP contribution in [0.4, 0.5) is 11.4 Å². The number of sulfonamides is 1. The van der Waals surface area contributed by atoms with E-state index in [-0.39, 0.29) is 12.5 Å². The van der Waals surface area contributed by atoms with Gasteiger partial charge in [0.05, 0.1) is 31.3 Å². The topological polar surface area (TPSA) is 84.9 Å². The number of halogens is 1. The first-order valence-electron chi connectivity index (χ1n) is 12.1. The van der Waals surface area contributed by atoms with Gasteiger partial charge in [0, 0.05) is 10.6 Å². The molecular formula is C30H29ClN2O5S. The molecule has 1 amide bonds. The van der Waals surface area contributed by atoms with Gasteiger partial charge in [0.15, 0.2) is 5.75 Å². The van der Waals surface area contributed by atoms with Gasteiger partial charge >= 0.3 is 0 Å². The first-order valence-corrected chi connectivity index (χ1v) is 14.3. The Hall–Kier alpha value is -4.01. The highest BCUT2D eigenvalue weighted by Gasteiger charge is 2.21. The van der Waals surface area contributed by atoms with Gasteiger partial charge in [0.25, 0.3) is 5.91 Å². The molecule has 0 aliphatic heterocycles. The molecule has 0 aliphatic carbocycles. The molecule has 4 aromatic rings. The zero-order valence-electron chi connectivity index (χ0n) is 22.1. The van der Waals surface area contributed by atoms with Crippen LogP contribution in [0.1, 0.15) is 27.0 Å². The largest absolute Gasteiger partial charge is 0.497 e. The molecule has 0 fully saturated rings. The van der Waals surface area contributed by atoms with Crippen molar-refractivity contribution < 1.29 is 22.7 Å². The molecule has 0 bridgehead atoms. The summed E-state index contributed by atoms with van der Waals surface area (Å²) in [6.45, 7) is 3.91. The number of hydrogen-bond donors (Lipinski definition) is 1.